The molecule has 7 heteroatoms. The minimum atomic E-state index is -3.45. The molecule has 0 spiro atoms. The summed E-state index contributed by atoms with van der Waals surface area (Å²) in [7, 11) is -3.45. The maximum Gasteiger partial charge on any atom is 0.243 e. The van der Waals surface area contributed by atoms with E-state index in [1.54, 1.807) is 22.5 Å². The minimum absolute atomic E-state index is 0.379. The van der Waals surface area contributed by atoms with Crippen LogP contribution >= 0.6 is 0 Å². The van der Waals surface area contributed by atoms with Crippen LogP contribution in [0.5, 0.6) is 11.5 Å². The van der Waals surface area contributed by atoms with E-state index >= 15 is 0 Å². The van der Waals surface area contributed by atoms with Gasteiger partial charge in [0.2, 0.25) is 10.0 Å². The largest absolute Gasteiger partial charge is 0.493 e. The zero-order valence-electron chi connectivity index (χ0n) is 15.8. The van der Waals surface area contributed by atoms with Crippen molar-refractivity contribution in [3.8, 4) is 11.5 Å². The molecular formula is C21H24N2O4S. The van der Waals surface area contributed by atoms with Gasteiger partial charge in [-0.05, 0) is 41.0 Å². The van der Waals surface area contributed by atoms with Gasteiger partial charge < -0.3 is 9.47 Å². The molecule has 3 aliphatic rings. The van der Waals surface area contributed by atoms with E-state index in [9.17, 15) is 8.42 Å². The molecule has 3 aliphatic heterocycles. The standard InChI is InChI=1S/C21H24N2O4S/c24-28(25,19-2-4-21-18(14-19)6-12-27-21)23-9-7-22(8-10-23)15-16-1-3-20-17(13-16)5-11-26-20/h1-4,13-14H,5-12,15H2. The number of benzene rings is 2. The predicted octanol–water partition coefficient (Wildman–Crippen LogP) is 2.06. The highest BCUT2D eigenvalue weighted by Gasteiger charge is 2.29. The topological polar surface area (TPSA) is 59.1 Å². The molecule has 28 heavy (non-hydrogen) atoms. The predicted molar refractivity (Wildman–Crippen MR) is 105 cm³/mol. The lowest BCUT2D eigenvalue weighted by atomic mass is 10.1. The van der Waals surface area contributed by atoms with Gasteiger partial charge in [0.05, 0.1) is 18.1 Å². The summed E-state index contributed by atoms with van der Waals surface area (Å²) >= 11 is 0. The monoisotopic (exact) mass is 400 g/mol. The Bertz CT molecular complexity index is 997. The van der Waals surface area contributed by atoms with Crippen LogP contribution in [0.4, 0.5) is 0 Å². The van der Waals surface area contributed by atoms with Crippen molar-refractivity contribution in [3.63, 3.8) is 0 Å². The molecule has 1 fully saturated rings. The van der Waals surface area contributed by atoms with Crippen molar-refractivity contribution in [2.45, 2.75) is 24.3 Å². The molecule has 0 aliphatic carbocycles. The first-order chi connectivity index (χ1) is 13.6. The number of hydrogen-bond acceptors (Lipinski definition) is 5. The fourth-order valence-electron chi connectivity index (χ4n) is 4.20. The van der Waals surface area contributed by atoms with E-state index in [2.05, 4.69) is 23.1 Å². The van der Waals surface area contributed by atoms with Gasteiger partial charge in [-0.25, -0.2) is 8.42 Å². The number of rotatable bonds is 4. The maximum atomic E-state index is 13.0. The van der Waals surface area contributed by atoms with Gasteiger partial charge >= 0.3 is 0 Å². The summed E-state index contributed by atoms with van der Waals surface area (Å²) < 4.78 is 38.7. The van der Waals surface area contributed by atoms with E-state index in [0.717, 1.165) is 56.1 Å². The molecule has 0 radical (unpaired) electrons. The summed E-state index contributed by atoms with van der Waals surface area (Å²) in [5, 5.41) is 0. The van der Waals surface area contributed by atoms with E-state index in [4.69, 9.17) is 9.47 Å². The average molecular weight is 401 g/mol. The average Bonchev–Trinajstić information content (AvgIpc) is 3.36. The molecule has 0 atom stereocenters. The van der Waals surface area contributed by atoms with Crippen molar-refractivity contribution >= 4 is 10.0 Å². The van der Waals surface area contributed by atoms with Gasteiger partial charge in [0.15, 0.2) is 0 Å². The van der Waals surface area contributed by atoms with Crippen LogP contribution < -0.4 is 9.47 Å². The molecule has 6 nitrogen and oxygen atoms in total. The van der Waals surface area contributed by atoms with E-state index < -0.39 is 10.0 Å². The molecule has 1 saturated heterocycles. The van der Waals surface area contributed by atoms with E-state index in [0.29, 0.717) is 24.6 Å². The van der Waals surface area contributed by atoms with E-state index in [-0.39, 0.29) is 0 Å². The zero-order valence-corrected chi connectivity index (χ0v) is 16.6. The second-order valence-corrected chi connectivity index (χ2v) is 9.53. The lowest BCUT2D eigenvalue weighted by Crippen LogP contribution is -2.48. The highest BCUT2D eigenvalue weighted by Crippen LogP contribution is 2.30. The first kappa shape index (κ1) is 18.0. The molecule has 3 heterocycles. The summed E-state index contributed by atoms with van der Waals surface area (Å²) in [5.41, 5.74) is 3.53. The smallest absolute Gasteiger partial charge is 0.243 e. The van der Waals surface area contributed by atoms with Crippen LogP contribution in [0.25, 0.3) is 0 Å². The molecule has 2 aromatic carbocycles. The van der Waals surface area contributed by atoms with Gasteiger partial charge in [-0.3, -0.25) is 4.90 Å². The summed E-state index contributed by atoms with van der Waals surface area (Å²) in [4.78, 5) is 2.70. The zero-order chi connectivity index (χ0) is 19.1. The van der Waals surface area contributed by atoms with Crippen LogP contribution in [0.1, 0.15) is 16.7 Å². The summed E-state index contributed by atoms with van der Waals surface area (Å²) in [6.07, 6.45) is 1.75. The van der Waals surface area contributed by atoms with Crippen LogP contribution in [0.3, 0.4) is 0 Å². The van der Waals surface area contributed by atoms with Crippen molar-refractivity contribution < 1.29 is 17.9 Å². The van der Waals surface area contributed by atoms with Crippen molar-refractivity contribution in [1.82, 2.24) is 9.21 Å². The third-order valence-electron chi connectivity index (χ3n) is 5.79. The molecule has 0 amide bonds. The van der Waals surface area contributed by atoms with Gasteiger partial charge in [0.25, 0.3) is 0 Å². The van der Waals surface area contributed by atoms with Crippen LogP contribution in [0.2, 0.25) is 0 Å². The van der Waals surface area contributed by atoms with Gasteiger partial charge in [0.1, 0.15) is 11.5 Å². The normalized spacial score (nSPS) is 19.7. The van der Waals surface area contributed by atoms with Gasteiger partial charge in [-0.15, -0.1) is 0 Å². The fourth-order valence-corrected chi connectivity index (χ4v) is 5.67. The Balaban J connectivity index is 1.24. The molecule has 5 rings (SSSR count). The van der Waals surface area contributed by atoms with Gasteiger partial charge in [-0.2, -0.15) is 4.31 Å². The van der Waals surface area contributed by atoms with Crippen molar-refractivity contribution in [2.24, 2.45) is 0 Å². The Labute approximate surface area is 165 Å². The maximum absolute atomic E-state index is 13.0. The fraction of sp³-hybridized carbons (Fsp3) is 0.429. The highest BCUT2D eigenvalue weighted by atomic mass is 32.2. The third-order valence-corrected chi connectivity index (χ3v) is 7.68. The minimum Gasteiger partial charge on any atom is -0.493 e. The summed E-state index contributed by atoms with van der Waals surface area (Å²) in [6.45, 7) is 4.75. The van der Waals surface area contributed by atoms with Crippen molar-refractivity contribution in [3.05, 3.63) is 53.1 Å². The number of piperazine rings is 1. The number of ether oxygens (including phenoxy) is 2. The molecule has 0 saturated carbocycles. The third kappa shape index (κ3) is 3.27. The second kappa shape index (κ2) is 7.06. The first-order valence-electron chi connectivity index (χ1n) is 9.82. The number of hydrogen-bond donors (Lipinski definition) is 0. The summed E-state index contributed by atoms with van der Waals surface area (Å²) in [5.74, 6) is 1.81. The van der Waals surface area contributed by atoms with Gasteiger partial charge in [-0.1, -0.05) is 12.1 Å². The summed E-state index contributed by atoms with van der Waals surface area (Å²) in [6, 6.07) is 11.6. The van der Waals surface area contributed by atoms with Crippen LogP contribution in [-0.2, 0) is 29.4 Å². The Hall–Kier alpha value is -2.09. The molecule has 2 aromatic rings. The quantitative estimate of drug-likeness (QED) is 0.786. The lowest BCUT2D eigenvalue weighted by molar-refractivity contribution is 0.181. The molecule has 0 unspecified atom stereocenters. The van der Waals surface area contributed by atoms with Gasteiger partial charge in [0, 0.05) is 45.6 Å². The molecule has 0 N–H and O–H groups in total. The Morgan fingerprint density at radius 2 is 1.46 bits per heavy atom. The SMILES string of the molecule is O=S(=O)(c1ccc2c(c1)CCO2)N1CCN(Cc2ccc3c(c2)CCO3)CC1. The number of fused-ring (bicyclic) bond motifs is 2. The Morgan fingerprint density at radius 3 is 2.18 bits per heavy atom. The van der Waals surface area contributed by atoms with Crippen molar-refractivity contribution in [2.75, 3.05) is 39.4 Å². The molecule has 0 aromatic heterocycles. The van der Waals surface area contributed by atoms with E-state index in [1.165, 1.54) is 11.1 Å². The van der Waals surface area contributed by atoms with Crippen LogP contribution in [-0.4, -0.2) is 57.0 Å². The Morgan fingerprint density at radius 1 is 0.821 bits per heavy atom. The lowest BCUT2D eigenvalue weighted by Gasteiger charge is -2.34. The highest BCUT2D eigenvalue weighted by molar-refractivity contribution is 7.89. The van der Waals surface area contributed by atoms with Crippen LogP contribution in [0.15, 0.2) is 41.3 Å². The first-order valence-corrected chi connectivity index (χ1v) is 11.3. The van der Waals surface area contributed by atoms with Crippen molar-refractivity contribution in [1.29, 1.82) is 0 Å². The number of nitrogens with zero attached hydrogens (tertiary/aromatic N) is 2. The molecule has 0 bridgehead atoms. The van der Waals surface area contributed by atoms with E-state index in [1.807, 2.05) is 0 Å². The van der Waals surface area contributed by atoms with Crippen LogP contribution in [0, 0.1) is 0 Å². The Kier molecular flexibility index (Phi) is 4.53. The number of sulfonamides is 1. The second-order valence-electron chi connectivity index (χ2n) is 7.59. The molecular weight excluding hydrogens is 376 g/mol. The molecule has 148 valence electrons.